The van der Waals surface area contributed by atoms with Gasteiger partial charge in [-0.2, -0.15) is 4.31 Å². The molecule has 5 nitrogen and oxygen atoms in total. The lowest BCUT2D eigenvalue weighted by molar-refractivity contribution is -0.122. The van der Waals surface area contributed by atoms with Crippen molar-refractivity contribution in [1.82, 2.24) is 4.31 Å². The van der Waals surface area contributed by atoms with Gasteiger partial charge in [0, 0.05) is 13.1 Å². The van der Waals surface area contributed by atoms with E-state index in [0.29, 0.717) is 30.2 Å². The van der Waals surface area contributed by atoms with Gasteiger partial charge < -0.3 is 5.73 Å². The van der Waals surface area contributed by atoms with Crippen molar-refractivity contribution in [2.24, 2.45) is 11.7 Å². The second-order valence-electron chi connectivity index (χ2n) is 7.01. The fourth-order valence-electron chi connectivity index (χ4n) is 3.89. The maximum atomic E-state index is 12.8. The summed E-state index contributed by atoms with van der Waals surface area (Å²) >= 11 is 0. The Hall–Kier alpha value is -1.40. The molecule has 1 atom stereocenters. The summed E-state index contributed by atoms with van der Waals surface area (Å²) in [5.74, 6) is -0.234. The molecule has 0 aromatic heterocycles. The minimum Gasteiger partial charge on any atom is -0.369 e. The smallest absolute Gasteiger partial charge is 0.243 e. The number of carbonyl (C=O) groups is 1. The number of hydrogen-bond acceptors (Lipinski definition) is 3. The Balaban J connectivity index is 1.75. The molecule has 3 rings (SSSR count). The normalized spacial score (nSPS) is 23.9. The van der Waals surface area contributed by atoms with Crippen LogP contribution in [0.4, 0.5) is 0 Å². The fraction of sp³-hybridized carbons (Fsp3) is 0.611. The molecule has 1 amide bonds. The first-order valence-corrected chi connectivity index (χ1v) is 10.3. The SMILES string of the molecule is NC(=O)[C@H]1CCCN(S(=O)(=O)c2ccc(C3CCCCC3)cc2)C1. The molecule has 2 fully saturated rings. The Bertz CT molecular complexity index is 679. The Morgan fingerprint density at radius 2 is 1.67 bits per heavy atom. The van der Waals surface area contributed by atoms with Gasteiger partial charge in [0.1, 0.15) is 0 Å². The lowest BCUT2D eigenvalue weighted by Gasteiger charge is -2.30. The van der Waals surface area contributed by atoms with E-state index in [1.807, 2.05) is 12.1 Å². The van der Waals surface area contributed by atoms with Crippen LogP contribution >= 0.6 is 0 Å². The van der Waals surface area contributed by atoms with Crippen LogP contribution in [0.5, 0.6) is 0 Å². The van der Waals surface area contributed by atoms with Gasteiger partial charge in [0.05, 0.1) is 10.8 Å². The Morgan fingerprint density at radius 3 is 2.29 bits per heavy atom. The van der Waals surface area contributed by atoms with E-state index >= 15 is 0 Å². The van der Waals surface area contributed by atoms with Gasteiger partial charge in [-0.05, 0) is 49.3 Å². The molecular weight excluding hydrogens is 324 g/mol. The third-order valence-electron chi connectivity index (χ3n) is 5.38. The monoisotopic (exact) mass is 350 g/mol. The quantitative estimate of drug-likeness (QED) is 0.906. The zero-order valence-electron chi connectivity index (χ0n) is 14.0. The van der Waals surface area contributed by atoms with Crippen LogP contribution in [0.1, 0.15) is 56.4 Å². The van der Waals surface area contributed by atoms with Crippen LogP contribution in [0.25, 0.3) is 0 Å². The van der Waals surface area contributed by atoms with Crippen molar-refractivity contribution in [3.8, 4) is 0 Å². The minimum absolute atomic E-state index is 0.196. The van der Waals surface area contributed by atoms with Crippen LogP contribution < -0.4 is 5.73 Å². The first kappa shape index (κ1) is 17.4. The first-order valence-electron chi connectivity index (χ1n) is 8.88. The van der Waals surface area contributed by atoms with Crippen LogP contribution in [-0.2, 0) is 14.8 Å². The zero-order valence-corrected chi connectivity index (χ0v) is 14.8. The average Bonchev–Trinajstić information content (AvgIpc) is 2.62. The number of primary amides is 1. The van der Waals surface area contributed by atoms with E-state index in [1.165, 1.54) is 42.0 Å². The molecule has 24 heavy (non-hydrogen) atoms. The van der Waals surface area contributed by atoms with Gasteiger partial charge in [0.2, 0.25) is 15.9 Å². The lowest BCUT2D eigenvalue weighted by Crippen LogP contribution is -2.44. The molecule has 2 aliphatic rings. The van der Waals surface area contributed by atoms with Crippen molar-refractivity contribution < 1.29 is 13.2 Å². The van der Waals surface area contributed by atoms with Crippen molar-refractivity contribution in [3.05, 3.63) is 29.8 Å². The van der Waals surface area contributed by atoms with Gasteiger partial charge in [-0.3, -0.25) is 4.79 Å². The molecule has 6 heteroatoms. The number of rotatable bonds is 4. The molecule has 1 aromatic rings. The van der Waals surface area contributed by atoms with Crippen LogP contribution in [0.15, 0.2) is 29.2 Å². The van der Waals surface area contributed by atoms with Crippen molar-refractivity contribution in [3.63, 3.8) is 0 Å². The topological polar surface area (TPSA) is 80.5 Å². The van der Waals surface area contributed by atoms with Crippen molar-refractivity contribution in [1.29, 1.82) is 0 Å². The summed E-state index contributed by atoms with van der Waals surface area (Å²) in [7, 11) is -3.55. The number of nitrogens with two attached hydrogens (primary N) is 1. The highest BCUT2D eigenvalue weighted by Gasteiger charge is 2.32. The highest BCUT2D eigenvalue weighted by molar-refractivity contribution is 7.89. The van der Waals surface area contributed by atoms with E-state index in [2.05, 4.69) is 0 Å². The molecule has 0 unspecified atom stereocenters. The average molecular weight is 350 g/mol. The zero-order chi connectivity index (χ0) is 17.2. The molecular formula is C18H26N2O3S. The van der Waals surface area contributed by atoms with E-state index in [0.717, 1.165) is 0 Å². The van der Waals surface area contributed by atoms with Crippen LogP contribution in [0, 0.1) is 5.92 Å². The third kappa shape index (κ3) is 3.64. The van der Waals surface area contributed by atoms with E-state index < -0.39 is 15.9 Å². The Morgan fingerprint density at radius 1 is 1.00 bits per heavy atom. The molecule has 1 aliphatic heterocycles. The van der Waals surface area contributed by atoms with Crippen molar-refractivity contribution >= 4 is 15.9 Å². The maximum Gasteiger partial charge on any atom is 0.243 e. The summed E-state index contributed by atoms with van der Waals surface area (Å²) in [5, 5.41) is 0. The highest BCUT2D eigenvalue weighted by Crippen LogP contribution is 2.33. The van der Waals surface area contributed by atoms with Crippen molar-refractivity contribution in [2.45, 2.75) is 55.8 Å². The van der Waals surface area contributed by atoms with Gasteiger partial charge in [-0.25, -0.2) is 8.42 Å². The Kier molecular flexibility index (Phi) is 5.25. The number of amides is 1. The number of piperidine rings is 1. The van der Waals surface area contributed by atoms with E-state index in [-0.39, 0.29) is 12.5 Å². The molecule has 1 heterocycles. The Labute approximate surface area is 144 Å². The lowest BCUT2D eigenvalue weighted by atomic mass is 9.84. The minimum atomic E-state index is -3.55. The predicted molar refractivity (Wildman–Crippen MR) is 92.9 cm³/mol. The molecule has 0 bridgehead atoms. The second-order valence-corrected chi connectivity index (χ2v) is 8.95. The maximum absolute atomic E-state index is 12.8. The largest absolute Gasteiger partial charge is 0.369 e. The van der Waals surface area contributed by atoms with Crippen LogP contribution in [-0.4, -0.2) is 31.7 Å². The predicted octanol–water partition coefficient (Wildman–Crippen LogP) is 2.62. The fourth-order valence-corrected chi connectivity index (χ4v) is 5.41. The number of benzene rings is 1. The molecule has 132 valence electrons. The summed E-state index contributed by atoms with van der Waals surface area (Å²) in [6.07, 6.45) is 7.55. The summed E-state index contributed by atoms with van der Waals surface area (Å²) in [4.78, 5) is 11.7. The van der Waals surface area contributed by atoms with Gasteiger partial charge >= 0.3 is 0 Å². The van der Waals surface area contributed by atoms with Crippen LogP contribution in [0.3, 0.4) is 0 Å². The van der Waals surface area contributed by atoms with Gasteiger partial charge in [-0.1, -0.05) is 31.4 Å². The van der Waals surface area contributed by atoms with Gasteiger partial charge in [-0.15, -0.1) is 0 Å². The molecule has 1 saturated carbocycles. The standard InChI is InChI=1S/C18H26N2O3S/c19-18(21)16-7-4-12-20(13-16)24(22,23)17-10-8-15(9-11-17)14-5-2-1-3-6-14/h8-11,14,16H,1-7,12-13H2,(H2,19,21)/t16-/m0/s1. The summed E-state index contributed by atoms with van der Waals surface area (Å²) in [6.45, 7) is 0.651. The summed E-state index contributed by atoms with van der Waals surface area (Å²) < 4.78 is 27.0. The number of carbonyl (C=O) groups excluding carboxylic acids is 1. The molecule has 0 radical (unpaired) electrons. The number of sulfonamides is 1. The summed E-state index contributed by atoms with van der Waals surface area (Å²) in [5.41, 5.74) is 6.59. The molecule has 1 aliphatic carbocycles. The molecule has 0 spiro atoms. The number of hydrogen-bond donors (Lipinski definition) is 1. The van der Waals surface area contributed by atoms with E-state index in [1.54, 1.807) is 12.1 Å². The van der Waals surface area contributed by atoms with Crippen LogP contribution in [0.2, 0.25) is 0 Å². The van der Waals surface area contributed by atoms with Gasteiger partial charge in [0.15, 0.2) is 0 Å². The van der Waals surface area contributed by atoms with E-state index in [4.69, 9.17) is 5.73 Å². The first-order chi connectivity index (χ1) is 11.5. The third-order valence-corrected chi connectivity index (χ3v) is 7.26. The number of nitrogens with zero attached hydrogens (tertiary/aromatic N) is 1. The highest BCUT2D eigenvalue weighted by atomic mass is 32.2. The molecule has 2 N–H and O–H groups in total. The van der Waals surface area contributed by atoms with E-state index in [9.17, 15) is 13.2 Å². The molecule has 1 saturated heterocycles. The van der Waals surface area contributed by atoms with Gasteiger partial charge in [0.25, 0.3) is 0 Å². The van der Waals surface area contributed by atoms with Crippen molar-refractivity contribution in [2.75, 3.05) is 13.1 Å². The summed E-state index contributed by atoms with van der Waals surface area (Å²) in [6, 6.07) is 7.34. The second kappa shape index (κ2) is 7.23. The molecule has 1 aromatic carbocycles.